The van der Waals surface area contributed by atoms with Gasteiger partial charge in [-0.05, 0) is 17.7 Å². The van der Waals surface area contributed by atoms with Gasteiger partial charge in [0.1, 0.15) is 10.7 Å². The van der Waals surface area contributed by atoms with Crippen molar-refractivity contribution in [3.8, 4) is 0 Å². The lowest BCUT2D eigenvalue weighted by molar-refractivity contribution is 0.614. The predicted molar refractivity (Wildman–Crippen MR) is 49.9 cm³/mol. The van der Waals surface area contributed by atoms with Crippen molar-refractivity contribution in [2.45, 2.75) is 5.75 Å². The molecule has 0 aromatic heterocycles. The normalized spacial score (nSPS) is 10.5. The van der Waals surface area contributed by atoms with E-state index in [4.69, 9.17) is 17.3 Å². The molecule has 1 aromatic carbocycles. The molecule has 0 saturated heterocycles. The summed E-state index contributed by atoms with van der Waals surface area (Å²) in [6.45, 7) is 0. The smallest absolute Gasteiger partial charge is 0.144 e. The van der Waals surface area contributed by atoms with Crippen LogP contribution in [-0.2, 0) is 16.5 Å². The summed E-state index contributed by atoms with van der Waals surface area (Å²) >= 11 is 5.68. The van der Waals surface area contributed by atoms with Gasteiger partial charge in [-0.25, -0.2) is 8.42 Å². The SMILES string of the molecule is Nc1ccc(C[SH](=O)=O)cc1Cl. The Morgan fingerprint density at radius 3 is 2.58 bits per heavy atom. The van der Waals surface area contributed by atoms with Gasteiger partial charge in [0, 0.05) is 0 Å². The number of hydrogen-bond donors (Lipinski definition) is 2. The lowest BCUT2D eigenvalue weighted by Crippen LogP contribution is -1.90. The van der Waals surface area contributed by atoms with Crippen LogP contribution in [0.5, 0.6) is 0 Å². The lowest BCUT2D eigenvalue weighted by atomic mass is 10.2. The molecular weight excluding hydrogens is 198 g/mol. The average molecular weight is 206 g/mol. The first kappa shape index (κ1) is 9.35. The molecule has 5 heteroatoms. The van der Waals surface area contributed by atoms with E-state index >= 15 is 0 Å². The van der Waals surface area contributed by atoms with Crippen molar-refractivity contribution in [3.63, 3.8) is 0 Å². The standard InChI is InChI=1S/C7H8ClNO2S/c8-6-3-5(4-12(10)11)1-2-7(6)9/h1-3,12H,4,9H2. The second-order valence-electron chi connectivity index (χ2n) is 2.35. The minimum Gasteiger partial charge on any atom is -0.398 e. The third-order valence-electron chi connectivity index (χ3n) is 1.38. The van der Waals surface area contributed by atoms with Crippen molar-refractivity contribution in [1.29, 1.82) is 0 Å². The van der Waals surface area contributed by atoms with E-state index in [2.05, 4.69) is 0 Å². The molecule has 0 fully saturated rings. The van der Waals surface area contributed by atoms with E-state index in [0.717, 1.165) is 0 Å². The van der Waals surface area contributed by atoms with Crippen molar-refractivity contribution in [2.75, 3.05) is 5.73 Å². The summed E-state index contributed by atoms with van der Waals surface area (Å²) in [6.07, 6.45) is 0. The van der Waals surface area contributed by atoms with Gasteiger partial charge in [-0.1, -0.05) is 17.7 Å². The van der Waals surface area contributed by atoms with Crippen molar-refractivity contribution in [2.24, 2.45) is 0 Å². The molecule has 66 valence electrons. The van der Waals surface area contributed by atoms with E-state index < -0.39 is 10.7 Å². The molecule has 3 nitrogen and oxygen atoms in total. The zero-order valence-corrected chi connectivity index (χ0v) is 7.81. The van der Waals surface area contributed by atoms with Gasteiger partial charge >= 0.3 is 0 Å². The van der Waals surface area contributed by atoms with Crippen LogP contribution in [0.3, 0.4) is 0 Å². The van der Waals surface area contributed by atoms with E-state index in [-0.39, 0.29) is 5.75 Å². The number of nitrogen functional groups attached to an aromatic ring is 1. The van der Waals surface area contributed by atoms with Gasteiger partial charge in [0.15, 0.2) is 0 Å². The van der Waals surface area contributed by atoms with Gasteiger partial charge in [-0.2, -0.15) is 0 Å². The van der Waals surface area contributed by atoms with E-state index in [0.29, 0.717) is 16.3 Å². The first-order valence-electron chi connectivity index (χ1n) is 3.25. The molecule has 0 heterocycles. The average Bonchev–Trinajstić information content (AvgIpc) is 1.96. The molecule has 0 aliphatic heterocycles. The molecule has 0 bridgehead atoms. The first-order chi connectivity index (χ1) is 5.59. The quantitative estimate of drug-likeness (QED) is 0.560. The molecule has 0 radical (unpaired) electrons. The Labute approximate surface area is 77.1 Å². The molecule has 1 rings (SSSR count). The van der Waals surface area contributed by atoms with Crippen LogP contribution in [-0.4, -0.2) is 8.42 Å². The molecule has 0 saturated carbocycles. The summed E-state index contributed by atoms with van der Waals surface area (Å²) in [5.74, 6) is 0.00926. The van der Waals surface area contributed by atoms with E-state index in [1.165, 1.54) is 0 Å². The maximum Gasteiger partial charge on any atom is 0.144 e. The number of benzene rings is 1. The highest BCUT2D eigenvalue weighted by Gasteiger charge is 1.98. The molecule has 0 aliphatic carbocycles. The molecule has 0 spiro atoms. The van der Waals surface area contributed by atoms with Crippen LogP contribution in [0.4, 0.5) is 5.69 Å². The minimum atomic E-state index is -2.40. The summed E-state index contributed by atoms with van der Waals surface area (Å²) in [5, 5.41) is 0.393. The predicted octanol–water partition coefficient (Wildman–Crippen LogP) is 1.03. The Balaban J connectivity index is 2.97. The number of thiol groups is 1. The van der Waals surface area contributed by atoms with Crippen LogP contribution >= 0.6 is 11.6 Å². The highest BCUT2D eigenvalue weighted by Crippen LogP contribution is 2.19. The summed E-state index contributed by atoms with van der Waals surface area (Å²) in [5.41, 5.74) is 6.55. The zero-order chi connectivity index (χ0) is 9.14. The van der Waals surface area contributed by atoms with Gasteiger partial charge in [0.05, 0.1) is 16.5 Å². The second kappa shape index (κ2) is 3.78. The fourth-order valence-electron chi connectivity index (χ4n) is 0.818. The maximum atomic E-state index is 10.3. The fourth-order valence-corrected chi connectivity index (χ4v) is 1.52. The molecule has 0 unspecified atom stereocenters. The van der Waals surface area contributed by atoms with E-state index in [9.17, 15) is 8.42 Å². The molecule has 2 N–H and O–H groups in total. The highest BCUT2D eigenvalue weighted by molar-refractivity contribution is 7.71. The van der Waals surface area contributed by atoms with Crippen LogP contribution in [0.2, 0.25) is 5.02 Å². The fraction of sp³-hybridized carbons (Fsp3) is 0.143. The monoisotopic (exact) mass is 205 g/mol. The van der Waals surface area contributed by atoms with Crippen molar-refractivity contribution >= 4 is 28.0 Å². The lowest BCUT2D eigenvalue weighted by Gasteiger charge is -1.99. The topological polar surface area (TPSA) is 60.2 Å². The minimum absolute atomic E-state index is 0.00926. The summed E-state index contributed by atoms with van der Waals surface area (Å²) < 4.78 is 20.7. The Kier molecular flexibility index (Phi) is 2.94. The van der Waals surface area contributed by atoms with Crippen LogP contribution in [0.15, 0.2) is 18.2 Å². The maximum absolute atomic E-state index is 10.3. The van der Waals surface area contributed by atoms with Crippen molar-refractivity contribution in [3.05, 3.63) is 28.8 Å². The Bertz CT molecular complexity index is 354. The van der Waals surface area contributed by atoms with Gasteiger partial charge in [0.25, 0.3) is 0 Å². The third kappa shape index (κ3) is 2.39. The van der Waals surface area contributed by atoms with E-state index in [1.807, 2.05) is 0 Å². The molecule has 12 heavy (non-hydrogen) atoms. The second-order valence-corrected chi connectivity index (χ2v) is 3.74. The Morgan fingerprint density at radius 2 is 2.08 bits per heavy atom. The van der Waals surface area contributed by atoms with Crippen molar-refractivity contribution < 1.29 is 8.42 Å². The molecule has 0 amide bonds. The number of rotatable bonds is 2. The largest absolute Gasteiger partial charge is 0.398 e. The first-order valence-corrected chi connectivity index (χ1v) is 4.99. The Morgan fingerprint density at radius 1 is 1.42 bits per heavy atom. The highest BCUT2D eigenvalue weighted by atomic mass is 35.5. The summed E-state index contributed by atoms with van der Waals surface area (Å²) in [4.78, 5) is 0. The van der Waals surface area contributed by atoms with Gasteiger partial charge in [0.2, 0.25) is 0 Å². The van der Waals surface area contributed by atoms with Crippen LogP contribution < -0.4 is 5.73 Å². The van der Waals surface area contributed by atoms with Crippen LogP contribution in [0.25, 0.3) is 0 Å². The van der Waals surface area contributed by atoms with Crippen LogP contribution in [0.1, 0.15) is 5.56 Å². The van der Waals surface area contributed by atoms with Gasteiger partial charge in [-0.3, -0.25) is 0 Å². The van der Waals surface area contributed by atoms with E-state index in [1.54, 1.807) is 18.2 Å². The molecule has 0 atom stereocenters. The van der Waals surface area contributed by atoms with Crippen LogP contribution in [0, 0.1) is 0 Å². The number of hydrogen-bond acceptors (Lipinski definition) is 3. The number of anilines is 1. The molecule has 1 aromatic rings. The molecule has 0 aliphatic rings. The summed E-state index contributed by atoms with van der Waals surface area (Å²) in [6, 6.07) is 4.80. The summed E-state index contributed by atoms with van der Waals surface area (Å²) in [7, 11) is -2.40. The van der Waals surface area contributed by atoms with Gasteiger partial charge < -0.3 is 5.73 Å². The number of nitrogens with two attached hydrogens (primary N) is 1. The number of halogens is 1. The third-order valence-corrected chi connectivity index (χ3v) is 2.33. The van der Waals surface area contributed by atoms with Crippen molar-refractivity contribution in [1.82, 2.24) is 0 Å². The zero-order valence-electron chi connectivity index (χ0n) is 6.16. The van der Waals surface area contributed by atoms with Gasteiger partial charge in [-0.15, -0.1) is 0 Å². The Hall–Kier alpha value is -0.740. The molecular formula is C7H8ClNO2S.